The SMILES string of the molecule is O=C(O)CC(=O)OC[C@H]1O[C@@H](Oc2cc(O)cc3c2C=C(O[C@@H]2O[C@H](COC(=O)/C=C/c4ccc(O)c(O)c4)[C@@H](O)[C@H](O)[C@H]2O[C@@H]2O[C@H](CO)[C@@H](O)[C@H](O)[C@H]2OC(=O)/C=C\c2ccc(O[C@H]4O[C@@H](COC(=O)/C=C/c5ccc(O[C@H]6O[C@@H](CO)[C@H](O)[C@@H](O)[C@@H]6O)c(O)c5)[C@H](O)[C@@H](O)[C@@H]4O)c(O)c2)C(c2ccc(O)c(O)c2)O3)[C@H](O)[C@@H](O)[C@@H]1O. The van der Waals surface area contributed by atoms with Crippen molar-refractivity contribution in [1.82, 2.24) is 0 Å². The van der Waals surface area contributed by atoms with Crippen LogP contribution in [0.3, 0.4) is 0 Å². The number of fused-ring (bicyclic) bond motifs is 1. The highest BCUT2D eigenvalue weighted by molar-refractivity contribution is 5.90. The number of aromatic hydroxyl groups is 7. The first kappa shape index (κ1) is 88.0. The fourth-order valence-electron chi connectivity index (χ4n) is 12.6. The number of phenolic OH excluding ortho intramolecular Hbond substituents is 7. The molecule has 0 amide bonds. The second kappa shape index (κ2) is 38.3. The molecule has 11 rings (SSSR count). The van der Waals surface area contributed by atoms with E-state index in [1.54, 1.807) is 0 Å². The number of ether oxygens (including phenoxy) is 15. The minimum atomic E-state index is -2.35. The van der Waals surface area contributed by atoms with Crippen LogP contribution >= 0.6 is 0 Å². The van der Waals surface area contributed by atoms with Gasteiger partial charge in [-0.25, -0.2) is 14.4 Å². The summed E-state index contributed by atoms with van der Waals surface area (Å²) in [5.74, 6) is -12.8. The number of carbonyl (C=O) groups is 5. The van der Waals surface area contributed by atoms with Crippen molar-refractivity contribution in [2.24, 2.45) is 0 Å². The standard InChI is InChI=1S/C75H82O43/c76-23-45-55(91)60(96)65(101)71(112-45)108-40-10-2-29(16-38(40)83)5-13-52(88)104-25-47-57(93)61(97)66(102)72(114-47)109-41-11-3-30(17-39(41)84)6-14-53(89)117-69-63(99)56(92)46(24-77)113-75(69)118-70-64(100)59(95)49(26-105-51(87)12-4-28-1-8-34(79)36(81)15-28)116-74(70)111-44-21-33-42(107-68(44)31-7-9-35(80)37(82)18-31)19-32(78)20-43(33)110-73-67(103)62(98)58(94)48(115-73)27-106-54(90)22-50(85)86/h1-21,45-49,55-84,91-103H,22-27H2,(H,85,86)/b12-4+,13-5+,14-6-/t45-,46+,47-,48+,49+,55-,56+,57-,58+,59+,60+,61+,62-,63-,64-,65-,66-,67+,68?,69+,70+,71-,72-,73+,74+,75-/m0/s1. The Balaban J connectivity index is 0.808. The summed E-state index contributed by atoms with van der Waals surface area (Å²) in [5.41, 5.74) is -0.00644. The summed E-state index contributed by atoms with van der Waals surface area (Å²) in [5, 5.41) is 245. The van der Waals surface area contributed by atoms with E-state index in [-0.39, 0.29) is 39.3 Å². The summed E-state index contributed by atoms with van der Waals surface area (Å²) in [6.07, 6.45) is -45.1. The zero-order valence-electron chi connectivity index (χ0n) is 60.8. The summed E-state index contributed by atoms with van der Waals surface area (Å²) >= 11 is 0. The number of hydrogen-bond donors (Lipinski definition) is 23. The fourth-order valence-corrected chi connectivity index (χ4v) is 12.6. The molecule has 5 fully saturated rings. The van der Waals surface area contributed by atoms with Gasteiger partial charge in [-0.15, -0.1) is 0 Å². The summed E-state index contributed by atoms with van der Waals surface area (Å²) in [4.78, 5) is 63.3. The first-order chi connectivity index (χ1) is 56.1. The van der Waals surface area contributed by atoms with Crippen molar-refractivity contribution >= 4 is 54.2 Å². The van der Waals surface area contributed by atoms with Crippen molar-refractivity contribution in [3.05, 3.63) is 137 Å². The van der Waals surface area contributed by atoms with Gasteiger partial charge in [-0.3, -0.25) is 9.59 Å². The lowest BCUT2D eigenvalue weighted by atomic mass is 9.96. The number of benzene rings is 5. The second-order valence-corrected chi connectivity index (χ2v) is 27.3. The van der Waals surface area contributed by atoms with E-state index in [9.17, 15) is 136 Å². The molecule has 43 heteroatoms. The van der Waals surface area contributed by atoms with E-state index in [2.05, 4.69) is 0 Å². The predicted octanol–water partition coefficient (Wildman–Crippen LogP) is -4.90. The number of hydrogen-bond acceptors (Lipinski definition) is 42. The van der Waals surface area contributed by atoms with Crippen molar-refractivity contribution in [2.45, 2.75) is 166 Å². The minimum absolute atomic E-state index is 0.0191. The van der Waals surface area contributed by atoms with Gasteiger partial charge in [0, 0.05) is 35.9 Å². The highest BCUT2D eigenvalue weighted by Gasteiger charge is 2.55. The molecule has 1 unspecified atom stereocenters. The van der Waals surface area contributed by atoms with Crippen molar-refractivity contribution in [3.63, 3.8) is 0 Å². The van der Waals surface area contributed by atoms with E-state index in [1.165, 1.54) is 36.4 Å². The number of carboxylic acid groups (broad SMARTS) is 1. The van der Waals surface area contributed by atoms with Gasteiger partial charge in [0.2, 0.25) is 25.2 Å². The molecule has 118 heavy (non-hydrogen) atoms. The molecule has 5 saturated heterocycles. The highest BCUT2D eigenvalue weighted by atomic mass is 16.8. The number of aliphatic carboxylic acids is 1. The summed E-state index contributed by atoms with van der Waals surface area (Å²) in [7, 11) is 0. The quantitative estimate of drug-likeness (QED) is 0.00734. The van der Waals surface area contributed by atoms with Crippen molar-refractivity contribution in [2.75, 3.05) is 33.0 Å². The van der Waals surface area contributed by atoms with E-state index in [0.29, 0.717) is 6.08 Å². The minimum Gasteiger partial charge on any atom is -0.508 e. The Hall–Kier alpha value is -10.8. The number of carbonyl (C=O) groups excluding carboxylic acids is 4. The third kappa shape index (κ3) is 20.6. The fraction of sp³-hybridized carbons (Fsp3) is 0.427. The topological polar surface area (TPSA) is 689 Å². The second-order valence-electron chi connectivity index (χ2n) is 27.3. The Bertz CT molecular complexity index is 4510. The molecule has 0 saturated carbocycles. The number of aliphatic hydroxyl groups excluding tert-OH is 15. The summed E-state index contributed by atoms with van der Waals surface area (Å²) in [6.45, 7) is -4.46. The molecular formula is C75H82O43. The molecule has 6 aliphatic heterocycles. The van der Waals surface area contributed by atoms with Crippen LogP contribution in [0.5, 0.6) is 63.2 Å². The van der Waals surface area contributed by atoms with Crippen LogP contribution in [-0.2, 0) is 76.1 Å². The third-order valence-electron chi connectivity index (χ3n) is 19.0. The van der Waals surface area contributed by atoms with Crippen LogP contribution in [0.4, 0.5) is 0 Å². The number of rotatable bonds is 28. The maximum absolute atomic E-state index is 13.9. The first-order valence-electron chi connectivity index (χ1n) is 35.7. The van der Waals surface area contributed by atoms with Gasteiger partial charge in [-0.05, 0) is 89.5 Å². The number of phenols is 7. The smallest absolute Gasteiger partial charge is 0.331 e. The zero-order chi connectivity index (χ0) is 85.4. The maximum atomic E-state index is 13.9. The van der Waals surface area contributed by atoms with Crippen molar-refractivity contribution in [1.29, 1.82) is 0 Å². The third-order valence-corrected chi connectivity index (χ3v) is 19.0. The van der Waals surface area contributed by atoms with E-state index < -0.39 is 286 Å². The monoisotopic (exact) mass is 1670 g/mol. The van der Waals surface area contributed by atoms with Crippen LogP contribution in [-0.4, -0.2) is 334 Å². The molecule has 640 valence electrons. The first-order valence-corrected chi connectivity index (χ1v) is 35.7. The molecule has 0 radical (unpaired) electrons. The van der Waals surface area contributed by atoms with Gasteiger partial charge in [-0.2, -0.15) is 0 Å². The van der Waals surface area contributed by atoms with Crippen LogP contribution < -0.4 is 18.9 Å². The van der Waals surface area contributed by atoms with Crippen LogP contribution in [0.25, 0.3) is 24.3 Å². The number of esters is 4. The van der Waals surface area contributed by atoms with Crippen LogP contribution in [0.1, 0.15) is 40.3 Å². The van der Waals surface area contributed by atoms with Gasteiger partial charge in [0.25, 0.3) is 0 Å². The predicted molar refractivity (Wildman–Crippen MR) is 381 cm³/mol. The molecule has 26 atom stereocenters. The van der Waals surface area contributed by atoms with Gasteiger partial charge in [0.1, 0.15) is 159 Å². The lowest BCUT2D eigenvalue weighted by Crippen LogP contribution is -2.65. The molecule has 0 spiro atoms. The molecule has 6 heterocycles. The highest BCUT2D eigenvalue weighted by Crippen LogP contribution is 2.48. The van der Waals surface area contributed by atoms with Gasteiger partial charge in [0.15, 0.2) is 70.6 Å². The van der Waals surface area contributed by atoms with E-state index >= 15 is 0 Å². The van der Waals surface area contributed by atoms with Gasteiger partial charge >= 0.3 is 29.8 Å². The zero-order valence-corrected chi connectivity index (χ0v) is 60.8. The molecule has 0 aromatic heterocycles. The summed E-state index contributed by atoms with van der Waals surface area (Å²) < 4.78 is 85.9. The van der Waals surface area contributed by atoms with Crippen LogP contribution in [0.2, 0.25) is 0 Å². The Morgan fingerprint density at radius 2 is 0.797 bits per heavy atom. The van der Waals surface area contributed by atoms with E-state index in [1.807, 2.05) is 0 Å². The average molecular weight is 1670 g/mol. The van der Waals surface area contributed by atoms with Crippen LogP contribution in [0.15, 0.2) is 109 Å². The lowest BCUT2D eigenvalue weighted by Gasteiger charge is -2.47. The van der Waals surface area contributed by atoms with Gasteiger partial charge in [0.05, 0.1) is 18.8 Å². The summed E-state index contributed by atoms with van der Waals surface area (Å²) in [6, 6.07) is 15.6. The molecule has 6 aliphatic rings. The normalized spacial score (nSPS) is 32.2. The number of aliphatic hydroxyl groups is 15. The Labute approximate surface area is 663 Å². The van der Waals surface area contributed by atoms with Gasteiger partial charge < -0.3 is 189 Å². The maximum Gasteiger partial charge on any atom is 0.331 e. The molecular weight excluding hydrogens is 1590 g/mol. The number of carboxylic acids is 1. The molecule has 23 N–H and O–H groups in total. The van der Waals surface area contributed by atoms with Gasteiger partial charge in [-0.1, -0.05) is 24.3 Å². The molecule has 0 bridgehead atoms. The van der Waals surface area contributed by atoms with E-state index in [4.69, 9.17) is 76.2 Å². The lowest BCUT2D eigenvalue weighted by molar-refractivity contribution is -0.364. The largest absolute Gasteiger partial charge is 0.508 e. The Morgan fingerprint density at radius 3 is 1.29 bits per heavy atom. The van der Waals surface area contributed by atoms with E-state index in [0.717, 1.165) is 85.0 Å². The van der Waals surface area contributed by atoms with Crippen molar-refractivity contribution < 1.29 is 212 Å². The average Bonchev–Trinajstić information content (AvgIpc) is 0.757. The Morgan fingerprint density at radius 1 is 0.381 bits per heavy atom. The molecule has 0 aliphatic carbocycles. The van der Waals surface area contributed by atoms with Crippen molar-refractivity contribution in [3.8, 4) is 63.2 Å². The molecule has 5 aromatic carbocycles. The Kier molecular flexibility index (Phi) is 28.5. The molecule has 5 aromatic rings. The van der Waals surface area contributed by atoms with Crippen LogP contribution in [0, 0.1) is 0 Å². The molecule has 43 nitrogen and oxygen atoms in total.